The largest absolute Gasteiger partial charge is 0.481 e. The minimum Gasteiger partial charge on any atom is -0.481 e. The van der Waals surface area contributed by atoms with Crippen LogP contribution in [0.3, 0.4) is 0 Å². The molecule has 106 valence electrons. The summed E-state index contributed by atoms with van der Waals surface area (Å²) in [5.74, 6) is -1.88. The Morgan fingerprint density at radius 3 is 2.65 bits per heavy atom. The van der Waals surface area contributed by atoms with Gasteiger partial charge >= 0.3 is 5.97 Å². The third kappa shape index (κ3) is 2.16. The van der Waals surface area contributed by atoms with Crippen LogP contribution in [0.5, 0.6) is 0 Å². The first-order valence-corrected chi connectivity index (χ1v) is 7.71. The van der Waals surface area contributed by atoms with Crippen LogP contribution in [0.2, 0.25) is 0 Å². The number of thiophene rings is 1. The van der Waals surface area contributed by atoms with Crippen molar-refractivity contribution in [2.75, 3.05) is 0 Å². The summed E-state index contributed by atoms with van der Waals surface area (Å²) in [6.07, 6.45) is 4.75. The number of hydrogen-bond acceptors (Lipinski definition) is 3. The zero-order valence-corrected chi connectivity index (χ0v) is 12.0. The third-order valence-electron chi connectivity index (χ3n) is 4.38. The highest BCUT2D eigenvalue weighted by atomic mass is 32.1. The average Bonchev–Trinajstić information content (AvgIpc) is 3.13. The Hall–Kier alpha value is -1.62. The molecule has 2 N–H and O–H groups in total. The Kier molecular flexibility index (Phi) is 3.38. The summed E-state index contributed by atoms with van der Waals surface area (Å²) < 4.78 is 0. The fourth-order valence-electron chi connectivity index (χ4n) is 3.43. The minimum atomic E-state index is -0.856. The number of carboxylic acids is 1. The number of carbonyl (C=O) groups excluding carboxylic acids is 1. The molecule has 1 aromatic heterocycles. The molecule has 0 saturated heterocycles. The molecule has 2 aliphatic rings. The molecule has 5 atom stereocenters. The Morgan fingerprint density at radius 2 is 2.05 bits per heavy atom. The van der Waals surface area contributed by atoms with E-state index < -0.39 is 17.8 Å². The molecule has 0 aliphatic heterocycles. The molecule has 0 unspecified atom stereocenters. The van der Waals surface area contributed by atoms with Crippen LogP contribution in [-0.2, 0) is 9.59 Å². The fraction of sp³-hybridized carbons (Fsp3) is 0.467. The van der Waals surface area contributed by atoms with Crippen molar-refractivity contribution in [2.45, 2.75) is 19.4 Å². The highest BCUT2D eigenvalue weighted by Crippen LogP contribution is 2.48. The summed E-state index contributed by atoms with van der Waals surface area (Å²) in [6, 6.07) is 3.86. The molecule has 1 amide bonds. The lowest BCUT2D eigenvalue weighted by Gasteiger charge is -2.25. The Morgan fingerprint density at radius 1 is 1.35 bits per heavy atom. The summed E-state index contributed by atoms with van der Waals surface area (Å²) in [5, 5.41) is 14.3. The van der Waals surface area contributed by atoms with Gasteiger partial charge in [0, 0.05) is 4.88 Å². The molecule has 0 radical (unpaired) electrons. The molecule has 20 heavy (non-hydrogen) atoms. The van der Waals surface area contributed by atoms with Gasteiger partial charge in [0.25, 0.3) is 0 Å². The van der Waals surface area contributed by atoms with Crippen LogP contribution in [0.15, 0.2) is 29.7 Å². The van der Waals surface area contributed by atoms with Crippen LogP contribution in [0.25, 0.3) is 0 Å². The predicted molar refractivity (Wildman–Crippen MR) is 76.2 cm³/mol. The van der Waals surface area contributed by atoms with Crippen molar-refractivity contribution in [2.24, 2.45) is 23.7 Å². The van der Waals surface area contributed by atoms with Crippen molar-refractivity contribution in [3.63, 3.8) is 0 Å². The quantitative estimate of drug-likeness (QED) is 0.837. The van der Waals surface area contributed by atoms with Gasteiger partial charge in [-0.1, -0.05) is 18.2 Å². The van der Waals surface area contributed by atoms with E-state index in [9.17, 15) is 14.7 Å². The van der Waals surface area contributed by atoms with E-state index in [1.807, 2.05) is 36.6 Å². The molecule has 2 bridgehead atoms. The molecule has 0 aromatic carbocycles. The lowest BCUT2D eigenvalue weighted by Crippen LogP contribution is -2.40. The van der Waals surface area contributed by atoms with E-state index in [-0.39, 0.29) is 23.8 Å². The Bertz CT molecular complexity index is 551. The highest BCUT2D eigenvalue weighted by Gasteiger charge is 2.51. The van der Waals surface area contributed by atoms with Crippen LogP contribution in [-0.4, -0.2) is 17.0 Å². The first kappa shape index (κ1) is 13.4. The number of allylic oxidation sites excluding steroid dienone is 2. The van der Waals surface area contributed by atoms with Gasteiger partial charge in [0.05, 0.1) is 17.9 Å². The molecule has 1 fully saturated rings. The molecular weight excluding hydrogens is 274 g/mol. The second-order valence-corrected chi connectivity index (χ2v) is 6.56. The van der Waals surface area contributed by atoms with Gasteiger partial charge in [-0.15, -0.1) is 11.3 Å². The normalized spacial score (nSPS) is 32.2. The fourth-order valence-corrected chi connectivity index (χ4v) is 4.17. The van der Waals surface area contributed by atoms with Crippen LogP contribution in [0, 0.1) is 23.7 Å². The van der Waals surface area contributed by atoms with Crippen molar-refractivity contribution >= 4 is 23.2 Å². The molecule has 1 aromatic rings. The SMILES string of the molecule is C[C@H](NC(=O)[C@@H]1[C@H](C(=O)O)[C@H]2C=C[C@H]1C2)c1cccs1. The summed E-state index contributed by atoms with van der Waals surface area (Å²) >= 11 is 1.59. The second kappa shape index (κ2) is 5.05. The highest BCUT2D eigenvalue weighted by molar-refractivity contribution is 7.10. The van der Waals surface area contributed by atoms with Gasteiger partial charge in [-0.05, 0) is 36.6 Å². The van der Waals surface area contributed by atoms with Gasteiger partial charge in [-0.3, -0.25) is 9.59 Å². The summed E-state index contributed by atoms with van der Waals surface area (Å²) in [7, 11) is 0. The molecule has 0 spiro atoms. The van der Waals surface area contributed by atoms with Gasteiger partial charge in [0.2, 0.25) is 5.91 Å². The van der Waals surface area contributed by atoms with Crippen LogP contribution in [0.4, 0.5) is 0 Å². The summed E-state index contributed by atoms with van der Waals surface area (Å²) in [6.45, 7) is 1.93. The van der Waals surface area contributed by atoms with Crippen LogP contribution >= 0.6 is 11.3 Å². The number of hydrogen-bond donors (Lipinski definition) is 2. The van der Waals surface area contributed by atoms with E-state index in [1.165, 1.54) is 0 Å². The Balaban J connectivity index is 1.73. The van der Waals surface area contributed by atoms with Crippen LogP contribution in [0.1, 0.15) is 24.3 Å². The van der Waals surface area contributed by atoms with E-state index in [2.05, 4.69) is 5.32 Å². The van der Waals surface area contributed by atoms with Crippen molar-refractivity contribution < 1.29 is 14.7 Å². The monoisotopic (exact) mass is 291 g/mol. The van der Waals surface area contributed by atoms with Crippen LogP contribution < -0.4 is 5.32 Å². The molecule has 5 heteroatoms. The maximum absolute atomic E-state index is 12.5. The second-order valence-electron chi connectivity index (χ2n) is 5.58. The maximum Gasteiger partial charge on any atom is 0.307 e. The smallest absolute Gasteiger partial charge is 0.307 e. The minimum absolute atomic E-state index is 0.0188. The van der Waals surface area contributed by atoms with Crippen molar-refractivity contribution in [3.05, 3.63) is 34.5 Å². The van der Waals surface area contributed by atoms with Gasteiger partial charge in [-0.2, -0.15) is 0 Å². The first-order chi connectivity index (χ1) is 9.58. The third-order valence-corrected chi connectivity index (χ3v) is 5.43. The average molecular weight is 291 g/mol. The van der Waals surface area contributed by atoms with Gasteiger partial charge in [0.15, 0.2) is 0 Å². The predicted octanol–water partition coefficient (Wildman–Crippen LogP) is 2.45. The number of aliphatic carboxylic acids is 1. The lowest BCUT2D eigenvalue weighted by molar-refractivity contribution is -0.148. The molecular formula is C15H17NO3S. The summed E-state index contributed by atoms with van der Waals surface area (Å²) in [4.78, 5) is 24.9. The maximum atomic E-state index is 12.5. The number of amides is 1. The van der Waals surface area contributed by atoms with Gasteiger partial charge in [-0.25, -0.2) is 0 Å². The zero-order chi connectivity index (χ0) is 14.3. The molecule has 2 aliphatic carbocycles. The number of rotatable bonds is 4. The van der Waals surface area contributed by atoms with E-state index in [4.69, 9.17) is 0 Å². The number of carboxylic acid groups (broad SMARTS) is 1. The first-order valence-electron chi connectivity index (χ1n) is 6.83. The standard InChI is InChI=1S/C15H17NO3S/c1-8(11-3-2-6-20-11)16-14(17)12-9-4-5-10(7-9)13(12)15(18)19/h2-6,8-10,12-13H,7H2,1H3,(H,16,17)(H,18,19)/t8-,9-,10-,12-,13+/m0/s1. The molecule has 3 rings (SSSR count). The van der Waals surface area contributed by atoms with E-state index in [1.54, 1.807) is 11.3 Å². The molecule has 1 saturated carbocycles. The molecule has 4 nitrogen and oxygen atoms in total. The molecule has 1 heterocycles. The summed E-state index contributed by atoms with van der Waals surface area (Å²) in [5.41, 5.74) is 0. The van der Waals surface area contributed by atoms with E-state index in [0.29, 0.717) is 0 Å². The van der Waals surface area contributed by atoms with Crippen molar-refractivity contribution in [1.82, 2.24) is 5.32 Å². The van der Waals surface area contributed by atoms with E-state index in [0.717, 1.165) is 11.3 Å². The van der Waals surface area contributed by atoms with Crippen molar-refractivity contribution in [1.29, 1.82) is 0 Å². The lowest BCUT2D eigenvalue weighted by atomic mass is 9.82. The number of nitrogens with one attached hydrogen (secondary N) is 1. The van der Waals surface area contributed by atoms with Gasteiger partial charge in [0.1, 0.15) is 0 Å². The van der Waals surface area contributed by atoms with Crippen molar-refractivity contribution in [3.8, 4) is 0 Å². The Labute approximate surface area is 121 Å². The topological polar surface area (TPSA) is 66.4 Å². The number of fused-ring (bicyclic) bond motifs is 2. The van der Waals surface area contributed by atoms with Gasteiger partial charge < -0.3 is 10.4 Å². The van der Waals surface area contributed by atoms with E-state index >= 15 is 0 Å². The zero-order valence-electron chi connectivity index (χ0n) is 11.2. The number of carbonyl (C=O) groups is 2.